The molecule has 9 heteroatoms. The summed E-state index contributed by atoms with van der Waals surface area (Å²) in [6.07, 6.45) is -4.63. The zero-order valence-electron chi connectivity index (χ0n) is 5.46. The van der Waals surface area contributed by atoms with E-state index in [0.717, 1.165) is 7.11 Å². The fourth-order valence-corrected chi connectivity index (χ4v) is 0.622. The van der Waals surface area contributed by atoms with Gasteiger partial charge >= 0.3 is 37.1 Å². The maximum absolute atomic E-state index is 11.3. The van der Waals surface area contributed by atoms with Crippen LogP contribution < -0.4 is 0 Å². The lowest BCUT2D eigenvalue weighted by Gasteiger charge is -2.10. The van der Waals surface area contributed by atoms with Crippen LogP contribution in [-0.2, 0) is 13.6 Å². The van der Waals surface area contributed by atoms with Gasteiger partial charge in [0, 0.05) is 7.11 Å². The van der Waals surface area contributed by atoms with Gasteiger partial charge in [0.1, 0.15) is 0 Å². The number of hydrogen-bond donors (Lipinski definition) is 1. The molecule has 72 valence electrons. The third kappa shape index (κ3) is 8.76. The summed E-state index contributed by atoms with van der Waals surface area (Å²) in [5, 5.41) is 0. The number of halogens is 3. The molecule has 4 nitrogen and oxygen atoms in total. The van der Waals surface area contributed by atoms with Crippen molar-refractivity contribution in [1.29, 1.82) is 0 Å². The Kier molecular flexibility index (Phi) is 6.83. The van der Waals surface area contributed by atoms with E-state index in [2.05, 4.69) is 9.05 Å². The Morgan fingerprint density at radius 2 is 1.92 bits per heavy atom. The van der Waals surface area contributed by atoms with Crippen LogP contribution in [0.25, 0.3) is 0 Å². The number of phosphoric ester groups is 1. The molecule has 12 heavy (non-hydrogen) atoms. The van der Waals surface area contributed by atoms with E-state index in [1.54, 1.807) is 0 Å². The highest BCUT2D eigenvalue weighted by atomic mass is 31.2. The van der Waals surface area contributed by atoms with Crippen LogP contribution in [0.15, 0.2) is 0 Å². The van der Waals surface area contributed by atoms with Crippen molar-refractivity contribution in [2.75, 3.05) is 13.7 Å². The van der Waals surface area contributed by atoms with E-state index in [1.807, 2.05) is 0 Å². The van der Waals surface area contributed by atoms with Crippen molar-refractivity contribution >= 4 is 30.9 Å². The molecule has 0 aromatic carbocycles. The van der Waals surface area contributed by atoms with Crippen LogP contribution >= 0.6 is 7.82 Å². The first-order valence-electron chi connectivity index (χ1n) is 2.37. The predicted molar refractivity (Wildman–Crippen MR) is 37.4 cm³/mol. The molecule has 0 amide bonds. The normalized spacial score (nSPS) is 16.4. The molecule has 0 radical (unpaired) electrons. The summed E-state index contributed by atoms with van der Waals surface area (Å²) < 4.78 is 51.4. The lowest BCUT2D eigenvalue weighted by molar-refractivity contribution is -0.157. The topological polar surface area (TPSA) is 55.8 Å². The van der Waals surface area contributed by atoms with Crippen molar-refractivity contribution in [1.82, 2.24) is 0 Å². The maximum Gasteiger partial charge on any atom is 0.472 e. The fourth-order valence-electron chi connectivity index (χ4n) is 0.207. The molecule has 1 unspecified atom stereocenters. The molecule has 0 aliphatic rings. The molecule has 1 N–H and O–H groups in total. The molecule has 0 bridgehead atoms. The molecule has 0 fully saturated rings. The molecule has 0 spiro atoms. The summed E-state index contributed by atoms with van der Waals surface area (Å²) in [5.74, 6) is 0. The highest BCUT2D eigenvalue weighted by Gasteiger charge is 2.32. The van der Waals surface area contributed by atoms with Crippen LogP contribution in [0.4, 0.5) is 13.2 Å². The molecule has 0 saturated heterocycles. The first kappa shape index (κ1) is 15.2. The molecule has 0 aromatic rings. The highest BCUT2D eigenvalue weighted by molar-refractivity contribution is 7.47. The van der Waals surface area contributed by atoms with Gasteiger partial charge in [-0.15, -0.1) is 0 Å². The van der Waals surface area contributed by atoms with E-state index < -0.39 is 20.6 Å². The number of phosphoric acid groups is 1. The second-order valence-electron chi connectivity index (χ2n) is 1.54. The van der Waals surface area contributed by atoms with Gasteiger partial charge in [-0.25, -0.2) is 4.57 Å². The molecule has 1 atom stereocenters. The second-order valence-corrected chi connectivity index (χ2v) is 3.10. The van der Waals surface area contributed by atoms with Crippen molar-refractivity contribution in [3.63, 3.8) is 0 Å². The summed E-state index contributed by atoms with van der Waals surface area (Å²) in [6.45, 7) is -1.80. The molecule has 0 heterocycles. The lowest BCUT2D eigenvalue weighted by Crippen LogP contribution is -2.16. The van der Waals surface area contributed by atoms with E-state index >= 15 is 0 Å². The van der Waals surface area contributed by atoms with Gasteiger partial charge in [-0.3, -0.25) is 9.05 Å². The molecule has 0 aliphatic carbocycles. The average molecular weight is 220 g/mol. The summed E-state index contributed by atoms with van der Waals surface area (Å²) in [6, 6.07) is 0. The quantitative estimate of drug-likeness (QED) is 0.552. The standard InChI is InChI=1S/C3H6F3O4P.Mg.2H/c1-9-11(7,8)10-2-3(4,5)6;;;/h2H2,1H3,(H,7,8);;;. The average Bonchev–Trinajstić information content (AvgIpc) is 1.83. The first-order chi connectivity index (χ1) is 4.77. The molecule has 0 rings (SSSR count). The van der Waals surface area contributed by atoms with Crippen molar-refractivity contribution in [3.8, 4) is 0 Å². The minimum Gasteiger partial charge on any atom is -0.302 e. The van der Waals surface area contributed by atoms with Gasteiger partial charge in [0.15, 0.2) is 6.61 Å². The van der Waals surface area contributed by atoms with E-state index in [1.165, 1.54) is 0 Å². The van der Waals surface area contributed by atoms with Crippen LogP contribution in [0.3, 0.4) is 0 Å². The van der Waals surface area contributed by atoms with Crippen LogP contribution in [0, 0.1) is 0 Å². The third-order valence-corrected chi connectivity index (χ3v) is 1.54. The lowest BCUT2D eigenvalue weighted by atomic mass is 10.7. The minimum atomic E-state index is -4.63. The van der Waals surface area contributed by atoms with E-state index in [0.29, 0.717) is 0 Å². The highest BCUT2D eigenvalue weighted by Crippen LogP contribution is 2.43. The Balaban J connectivity index is 0. The van der Waals surface area contributed by atoms with Gasteiger partial charge in [0.2, 0.25) is 0 Å². The van der Waals surface area contributed by atoms with E-state index in [4.69, 9.17) is 4.89 Å². The molecule has 0 aliphatic heterocycles. The zero-order chi connectivity index (χ0) is 9.12. The van der Waals surface area contributed by atoms with Crippen molar-refractivity contribution < 1.29 is 31.7 Å². The van der Waals surface area contributed by atoms with Crippen molar-refractivity contribution in [2.24, 2.45) is 0 Å². The molecule has 0 saturated carbocycles. The SMILES string of the molecule is COP(=O)(O)OCC(F)(F)F.[MgH2]. The van der Waals surface area contributed by atoms with Gasteiger partial charge < -0.3 is 4.89 Å². The predicted octanol–water partition coefficient (Wildman–Crippen LogP) is 0.396. The van der Waals surface area contributed by atoms with E-state index in [-0.39, 0.29) is 23.1 Å². The number of alkyl halides is 3. The van der Waals surface area contributed by atoms with Gasteiger partial charge in [-0.05, 0) is 0 Å². The summed E-state index contributed by atoms with van der Waals surface area (Å²) in [5.41, 5.74) is 0. The fraction of sp³-hybridized carbons (Fsp3) is 1.00. The summed E-state index contributed by atoms with van der Waals surface area (Å²) in [7, 11) is -3.71. The monoisotopic (exact) mass is 220 g/mol. The van der Waals surface area contributed by atoms with Gasteiger partial charge in [0.05, 0.1) is 0 Å². The Morgan fingerprint density at radius 1 is 1.50 bits per heavy atom. The Bertz CT molecular complexity index is 171. The van der Waals surface area contributed by atoms with Gasteiger partial charge in [0.25, 0.3) is 0 Å². The molecular weight excluding hydrogens is 212 g/mol. The van der Waals surface area contributed by atoms with Crippen LogP contribution in [0.1, 0.15) is 0 Å². The van der Waals surface area contributed by atoms with Gasteiger partial charge in [-0.2, -0.15) is 13.2 Å². The van der Waals surface area contributed by atoms with Crippen LogP contribution in [0.5, 0.6) is 0 Å². The largest absolute Gasteiger partial charge is 0.472 e. The van der Waals surface area contributed by atoms with Crippen molar-refractivity contribution in [3.05, 3.63) is 0 Å². The number of rotatable bonds is 3. The van der Waals surface area contributed by atoms with Crippen LogP contribution in [0.2, 0.25) is 0 Å². The molecular formula is C3H8F3MgO4P. The van der Waals surface area contributed by atoms with Crippen LogP contribution in [-0.4, -0.2) is 47.8 Å². The smallest absolute Gasteiger partial charge is 0.302 e. The molecule has 0 aromatic heterocycles. The maximum atomic E-state index is 11.3. The van der Waals surface area contributed by atoms with Crippen molar-refractivity contribution in [2.45, 2.75) is 6.18 Å². The number of hydrogen-bond acceptors (Lipinski definition) is 3. The Morgan fingerprint density at radius 3 is 2.17 bits per heavy atom. The zero-order valence-corrected chi connectivity index (χ0v) is 6.35. The summed E-state index contributed by atoms with van der Waals surface area (Å²) >= 11 is 0. The Hall–Kier alpha value is 0.666. The van der Waals surface area contributed by atoms with E-state index in [9.17, 15) is 17.7 Å². The minimum absolute atomic E-state index is 0. The first-order valence-corrected chi connectivity index (χ1v) is 3.86. The Labute approximate surface area is 82.8 Å². The second kappa shape index (κ2) is 5.41. The summed E-state index contributed by atoms with van der Waals surface area (Å²) in [4.78, 5) is 8.30. The van der Waals surface area contributed by atoms with Gasteiger partial charge in [-0.1, -0.05) is 0 Å². The third-order valence-electron chi connectivity index (χ3n) is 0.622.